The lowest BCUT2D eigenvalue weighted by atomic mass is 9.86. The van der Waals surface area contributed by atoms with Crippen molar-refractivity contribution in [1.29, 1.82) is 0 Å². The van der Waals surface area contributed by atoms with E-state index in [0.29, 0.717) is 5.75 Å². The molecule has 0 bridgehead atoms. The molecule has 1 aromatic carbocycles. The molecule has 118 valence electrons. The molecule has 21 heavy (non-hydrogen) atoms. The number of aromatic hydroxyl groups is 1. The molecular weight excluding hydrogens is 258 g/mol. The summed E-state index contributed by atoms with van der Waals surface area (Å²) in [5.74, 6) is 0.315. The zero-order chi connectivity index (χ0) is 15.7. The van der Waals surface area contributed by atoms with Gasteiger partial charge in [0, 0.05) is 18.3 Å². The highest BCUT2D eigenvalue weighted by atomic mass is 16.3. The summed E-state index contributed by atoms with van der Waals surface area (Å²) in [6.07, 6.45) is 9.50. The summed E-state index contributed by atoms with van der Waals surface area (Å²) >= 11 is 0. The Balaban J connectivity index is 2.45. The lowest BCUT2D eigenvalue weighted by Crippen LogP contribution is -2.11. The number of unbranched alkanes of at least 4 members (excludes halogenated alkanes) is 5. The molecule has 1 aromatic rings. The predicted molar refractivity (Wildman–Crippen MR) is 92.6 cm³/mol. The van der Waals surface area contributed by atoms with E-state index in [9.17, 15) is 5.11 Å². The van der Waals surface area contributed by atoms with Crippen LogP contribution in [-0.4, -0.2) is 17.9 Å². The highest BCUT2D eigenvalue weighted by Gasteiger charge is 2.14. The van der Waals surface area contributed by atoms with Gasteiger partial charge >= 0.3 is 0 Å². The zero-order valence-electron chi connectivity index (χ0n) is 14.2. The Kier molecular flexibility index (Phi) is 7.49. The lowest BCUT2D eigenvalue weighted by molar-refractivity contribution is 0.473. The van der Waals surface area contributed by atoms with Crippen LogP contribution in [0.5, 0.6) is 5.75 Å². The fraction of sp³-hybridized carbons (Fsp3) is 0.632. The predicted octanol–water partition coefficient (Wildman–Crippen LogP) is 5.47. The number of phenols is 1. The second-order valence-electron chi connectivity index (χ2n) is 6.83. The minimum Gasteiger partial charge on any atom is -0.507 e. The quantitative estimate of drug-likeness (QED) is 0.499. The Morgan fingerprint density at radius 2 is 1.71 bits per heavy atom. The second kappa shape index (κ2) is 8.86. The van der Waals surface area contributed by atoms with Crippen molar-refractivity contribution in [2.45, 2.75) is 71.6 Å². The minimum atomic E-state index is 0.0928. The van der Waals surface area contributed by atoms with Crippen LogP contribution >= 0.6 is 0 Å². The van der Waals surface area contributed by atoms with E-state index in [1.165, 1.54) is 37.7 Å². The molecule has 0 atom stereocenters. The molecule has 0 heterocycles. The highest BCUT2D eigenvalue weighted by molar-refractivity contribution is 5.83. The van der Waals surface area contributed by atoms with Crippen molar-refractivity contribution in [3.05, 3.63) is 29.3 Å². The van der Waals surface area contributed by atoms with Crippen LogP contribution in [0.3, 0.4) is 0 Å². The average molecular weight is 289 g/mol. The van der Waals surface area contributed by atoms with E-state index in [2.05, 4.69) is 32.7 Å². The minimum absolute atomic E-state index is 0.0928. The van der Waals surface area contributed by atoms with Gasteiger partial charge in [0.25, 0.3) is 0 Å². The van der Waals surface area contributed by atoms with Crippen LogP contribution < -0.4 is 0 Å². The van der Waals surface area contributed by atoms with Crippen molar-refractivity contribution in [2.75, 3.05) is 6.54 Å². The van der Waals surface area contributed by atoms with Crippen LogP contribution in [0.1, 0.15) is 77.3 Å². The molecule has 0 saturated carbocycles. The second-order valence-corrected chi connectivity index (χ2v) is 6.83. The number of hydrogen-bond acceptors (Lipinski definition) is 2. The van der Waals surface area contributed by atoms with Gasteiger partial charge in [-0.1, -0.05) is 65.9 Å². The fourth-order valence-corrected chi connectivity index (χ4v) is 2.27. The Bertz CT molecular complexity index is 443. The molecule has 0 saturated heterocycles. The molecule has 0 aromatic heterocycles. The lowest BCUT2D eigenvalue weighted by Gasteiger charge is -2.19. The third-order valence-corrected chi connectivity index (χ3v) is 3.76. The molecular formula is C19H31NO. The van der Waals surface area contributed by atoms with Crippen LogP contribution in [0.2, 0.25) is 0 Å². The fourth-order valence-electron chi connectivity index (χ4n) is 2.27. The molecule has 2 nitrogen and oxygen atoms in total. The molecule has 0 fully saturated rings. The van der Waals surface area contributed by atoms with E-state index in [1.54, 1.807) is 6.07 Å². The van der Waals surface area contributed by atoms with Gasteiger partial charge in [-0.15, -0.1) is 0 Å². The van der Waals surface area contributed by atoms with E-state index < -0.39 is 0 Å². The van der Waals surface area contributed by atoms with Crippen molar-refractivity contribution in [1.82, 2.24) is 0 Å². The molecule has 0 aliphatic heterocycles. The third kappa shape index (κ3) is 6.79. The first-order valence-electron chi connectivity index (χ1n) is 8.28. The molecule has 0 unspecified atom stereocenters. The number of hydrogen-bond donors (Lipinski definition) is 1. The van der Waals surface area contributed by atoms with Gasteiger partial charge in [0.2, 0.25) is 0 Å². The van der Waals surface area contributed by atoms with Crippen molar-refractivity contribution in [2.24, 2.45) is 4.99 Å². The molecule has 0 aliphatic carbocycles. The molecule has 1 N–H and O–H groups in total. The van der Waals surface area contributed by atoms with Crippen LogP contribution in [0, 0.1) is 0 Å². The summed E-state index contributed by atoms with van der Waals surface area (Å²) in [5, 5.41) is 9.91. The maximum Gasteiger partial charge on any atom is 0.124 e. The molecule has 0 spiro atoms. The van der Waals surface area contributed by atoms with E-state index in [0.717, 1.165) is 18.5 Å². The number of aliphatic imine (C=N–C) groups is 1. The van der Waals surface area contributed by atoms with Gasteiger partial charge < -0.3 is 5.11 Å². The Morgan fingerprint density at radius 1 is 1.05 bits per heavy atom. The van der Waals surface area contributed by atoms with Gasteiger partial charge in [0.1, 0.15) is 5.75 Å². The van der Waals surface area contributed by atoms with Gasteiger partial charge in [-0.05, 0) is 29.5 Å². The van der Waals surface area contributed by atoms with Gasteiger partial charge in [-0.2, -0.15) is 0 Å². The summed E-state index contributed by atoms with van der Waals surface area (Å²) in [6.45, 7) is 9.62. The van der Waals surface area contributed by atoms with E-state index >= 15 is 0 Å². The first-order valence-corrected chi connectivity index (χ1v) is 8.28. The summed E-state index contributed by atoms with van der Waals surface area (Å²) in [5.41, 5.74) is 2.14. The average Bonchev–Trinajstić information content (AvgIpc) is 2.42. The Morgan fingerprint density at radius 3 is 2.38 bits per heavy atom. The number of nitrogens with zero attached hydrogens (tertiary/aromatic N) is 1. The molecule has 2 heteroatoms. The first kappa shape index (κ1) is 17.7. The van der Waals surface area contributed by atoms with E-state index in [1.807, 2.05) is 18.3 Å². The Hall–Kier alpha value is -1.31. The zero-order valence-corrected chi connectivity index (χ0v) is 14.2. The number of phenolic OH excluding ortho intramolecular Hbond substituents is 1. The maximum atomic E-state index is 9.91. The van der Waals surface area contributed by atoms with E-state index in [4.69, 9.17) is 0 Å². The number of rotatable bonds is 8. The van der Waals surface area contributed by atoms with Crippen LogP contribution in [0.4, 0.5) is 0 Å². The van der Waals surface area contributed by atoms with Crippen molar-refractivity contribution >= 4 is 6.21 Å². The van der Waals surface area contributed by atoms with Crippen molar-refractivity contribution in [3.8, 4) is 5.75 Å². The van der Waals surface area contributed by atoms with Crippen LogP contribution in [-0.2, 0) is 5.41 Å². The van der Waals surface area contributed by atoms with Crippen molar-refractivity contribution in [3.63, 3.8) is 0 Å². The molecule has 1 rings (SSSR count). The van der Waals surface area contributed by atoms with Gasteiger partial charge in [0.05, 0.1) is 0 Å². The summed E-state index contributed by atoms with van der Waals surface area (Å²) in [7, 11) is 0. The monoisotopic (exact) mass is 289 g/mol. The standard InChI is InChI=1S/C19H31NO/c1-5-6-7-8-9-10-13-20-15-16-14-17(19(2,3)4)11-12-18(16)21/h11-12,14-15,21H,5-10,13H2,1-4H3. The summed E-state index contributed by atoms with van der Waals surface area (Å²) in [4.78, 5) is 4.46. The molecule has 0 radical (unpaired) electrons. The normalized spacial score (nSPS) is 12.2. The van der Waals surface area contributed by atoms with Crippen LogP contribution in [0.15, 0.2) is 23.2 Å². The van der Waals surface area contributed by atoms with Gasteiger partial charge in [0.15, 0.2) is 0 Å². The Labute approximate surface area is 130 Å². The van der Waals surface area contributed by atoms with E-state index in [-0.39, 0.29) is 5.41 Å². The van der Waals surface area contributed by atoms with Gasteiger partial charge in [-0.3, -0.25) is 4.99 Å². The third-order valence-electron chi connectivity index (χ3n) is 3.76. The topological polar surface area (TPSA) is 32.6 Å². The summed E-state index contributed by atoms with van der Waals surface area (Å²) in [6, 6.07) is 5.80. The summed E-state index contributed by atoms with van der Waals surface area (Å²) < 4.78 is 0. The smallest absolute Gasteiger partial charge is 0.124 e. The number of benzene rings is 1. The molecule has 0 aliphatic rings. The van der Waals surface area contributed by atoms with Crippen molar-refractivity contribution < 1.29 is 5.11 Å². The highest BCUT2D eigenvalue weighted by Crippen LogP contribution is 2.26. The first-order chi connectivity index (χ1) is 9.95. The largest absolute Gasteiger partial charge is 0.507 e. The SMILES string of the molecule is CCCCCCCCN=Cc1cc(C(C)(C)C)ccc1O. The van der Waals surface area contributed by atoms with Gasteiger partial charge in [-0.25, -0.2) is 0 Å². The van der Waals surface area contributed by atoms with Crippen LogP contribution in [0.25, 0.3) is 0 Å². The maximum absolute atomic E-state index is 9.91. The molecule has 0 amide bonds.